The molecular formula is C11H12N6O. The fraction of sp³-hybridized carbons (Fsp3) is 0.182. The number of rotatable bonds is 3. The van der Waals surface area contributed by atoms with Gasteiger partial charge in [-0.05, 0) is 19.1 Å². The molecule has 4 N–H and O–H groups in total. The Hall–Kier alpha value is -2.57. The summed E-state index contributed by atoms with van der Waals surface area (Å²) in [6.45, 7) is 2.43. The van der Waals surface area contributed by atoms with Gasteiger partial charge in [-0.3, -0.25) is 0 Å². The molecule has 0 saturated heterocycles. The maximum Gasteiger partial charge on any atom is 0.224 e. The summed E-state index contributed by atoms with van der Waals surface area (Å²) in [4.78, 5) is 15.2. The van der Waals surface area contributed by atoms with E-state index in [9.17, 15) is 0 Å². The predicted octanol–water partition coefficient (Wildman–Crippen LogP) is 1.45. The normalized spacial score (nSPS) is 10.9. The lowest BCUT2D eigenvalue weighted by molar-refractivity contribution is 0.490. The molecule has 7 heteroatoms. The van der Waals surface area contributed by atoms with Gasteiger partial charge in [0.25, 0.3) is 0 Å². The standard InChI is InChI=1S/C11H12N6O/c1-6-2-3-7(18-6)4-13-9-8-10(15-5-14-8)17-11(12)16-9/h2-3,5H,4H2,1H3,(H4,12,13,14,15,16,17). The molecule has 0 aromatic carbocycles. The van der Waals surface area contributed by atoms with Crippen LogP contribution in [-0.4, -0.2) is 19.9 Å². The Morgan fingerprint density at radius 3 is 3.06 bits per heavy atom. The summed E-state index contributed by atoms with van der Waals surface area (Å²) >= 11 is 0. The van der Waals surface area contributed by atoms with Crippen LogP contribution in [0.3, 0.4) is 0 Å². The van der Waals surface area contributed by atoms with Gasteiger partial charge in [0.1, 0.15) is 17.0 Å². The highest BCUT2D eigenvalue weighted by atomic mass is 16.3. The molecule has 18 heavy (non-hydrogen) atoms. The van der Waals surface area contributed by atoms with E-state index in [4.69, 9.17) is 10.2 Å². The smallest absolute Gasteiger partial charge is 0.224 e. The second-order valence-electron chi connectivity index (χ2n) is 3.90. The Balaban J connectivity index is 1.87. The van der Waals surface area contributed by atoms with Crippen LogP contribution in [0.4, 0.5) is 11.8 Å². The van der Waals surface area contributed by atoms with Crippen LogP contribution in [-0.2, 0) is 6.54 Å². The quantitative estimate of drug-likeness (QED) is 0.644. The minimum absolute atomic E-state index is 0.188. The van der Waals surface area contributed by atoms with Gasteiger partial charge in [0.05, 0.1) is 12.9 Å². The van der Waals surface area contributed by atoms with Gasteiger partial charge in [-0.2, -0.15) is 9.97 Å². The Bertz CT molecular complexity index is 686. The minimum atomic E-state index is 0.188. The number of furan rings is 1. The number of hydrogen-bond donors (Lipinski definition) is 3. The molecular weight excluding hydrogens is 232 g/mol. The molecule has 0 unspecified atom stereocenters. The number of hydrogen-bond acceptors (Lipinski definition) is 6. The van der Waals surface area contributed by atoms with Crippen LogP contribution in [0.5, 0.6) is 0 Å². The summed E-state index contributed by atoms with van der Waals surface area (Å²) < 4.78 is 5.47. The number of nitrogens with zero attached hydrogens (tertiary/aromatic N) is 3. The van der Waals surface area contributed by atoms with Crippen LogP contribution in [0, 0.1) is 6.92 Å². The predicted molar refractivity (Wildman–Crippen MR) is 66.9 cm³/mol. The first-order chi connectivity index (χ1) is 8.72. The highest BCUT2D eigenvalue weighted by Gasteiger charge is 2.08. The zero-order chi connectivity index (χ0) is 12.5. The molecule has 0 aliphatic carbocycles. The Labute approximate surface area is 102 Å². The maximum atomic E-state index is 5.62. The molecule has 0 saturated carbocycles. The molecule has 0 spiro atoms. The molecule has 3 aromatic rings. The molecule has 0 aliphatic rings. The third-order valence-corrected chi connectivity index (χ3v) is 2.53. The molecule has 3 rings (SSSR count). The lowest BCUT2D eigenvalue weighted by Crippen LogP contribution is -2.04. The number of H-pyrrole nitrogens is 1. The van der Waals surface area contributed by atoms with Gasteiger partial charge in [-0.25, -0.2) is 4.98 Å². The highest BCUT2D eigenvalue weighted by Crippen LogP contribution is 2.18. The Morgan fingerprint density at radius 2 is 2.28 bits per heavy atom. The van der Waals surface area contributed by atoms with Crippen LogP contribution < -0.4 is 11.1 Å². The molecule has 0 amide bonds. The van der Waals surface area contributed by atoms with Gasteiger partial charge in [-0.1, -0.05) is 0 Å². The largest absolute Gasteiger partial charge is 0.465 e. The number of nitrogens with two attached hydrogens (primary N) is 1. The molecule has 0 bridgehead atoms. The third kappa shape index (κ3) is 1.86. The molecule has 0 atom stereocenters. The number of imidazole rings is 1. The zero-order valence-electron chi connectivity index (χ0n) is 9.77. The third-order valence-electron chi connectivity index (χ3n) is 2.53. The summed E-state index contributed by atoms with van der Waals surface area (Å²) in [5, 5.41) is 3.15. The van der Waals surface area contributed by atoms with E-state index >= 15 is 0 Å². The van der Waals surface area contributed by atoms with Crippen LogP contribution in [0.2, 0.25) is 0 Å². The fourth-order valence-corrected chi connectivity index (χ4v) is 1.73. The van der Waals surface area contributed by atoms with Crippen molar-refractivity contribution < 1.29 is 4.42 Å². The van der Waals surface area contributed by atoms with Crippen LogP contribution >= 0.6 is 0 Å². The summed E-state index contributed by atoms with van der Waals surface area (Å²) in [6.07, 6.45) is 1.56. The van der Waals surface area contributed by atoms with Crippen molar-refractivity contribution in [3.05, 3.63) is 30.0 Å². The monoisotopic (exact) mass is 244 g/mol. The van der Waals surface area contributed by atoms with Crippen LogP contribution in [0.1, 0.15) is 11.5 Å². The van der Waals surface area contributed by atoms with E-state index in [1.807, 2.05) is 19.1 Å². The number of aromatic nitrogens is 4. The number of aryl methyl sites for hydroxylation is 1. The number of fused-ring (bicyclic) bond motifs is 1. The summed E-state index contributed by atoms with van der Waals surface area (Å²) in [5.41, 5.74) is 6.89. The number of nitrogens with one attached hydrogen (secondary N) is 2. The minimum Gasteiger partial charge on any atom is -0.465 e. The number of anilines is 2. The van der Waals surface area contributed by atoms with Crippen molar-refractivity contribution in [3.8, 4) is 0 Å². The molecule has 0 fully saturated rings. The Kier molecular flexibility index (Phi) is 2.36. The van der Waals surface area contributed by atoms with Crippen molar-refractivity contribution in [2.75, 3.05) is 11.1 Å². The molecule has 7 nitrogen and oxygen atoms in total. The Morgan fingerprint density at radius 1 is 1.39 bits per heavy atom. The van der Waals surface area contributed by atoms with Gasteiger partial charge in [-0.15, -0.1) is 0 Å². The van der Waals surface area contributed by atoms with Gasteiger partial charge >= 0.3 is 0 Å². The van der Waals surface area contributed by atoms with Gasteiger partial charge in [0, 0.05) is 0 Å². The van der Waals surface area contributed by atoms with E-state index in [0.717, 1.165) is 17.0 Å². The van der Waals surface area contributed by atoms with E-state index in [1.54, 1.807) is 6.33 Å². The van der Waals surface area contributed by atoms with Crippen molar-refractivity contribution in [2.24, 2.45) is 0 Å². The van der Waals surface area contributed by atoms with E-state index in [2.05, 4.69) is 25.3 Å². The summed E-state index contributed by atoms with van der Waals surface area (Å²) in [6, 6.07) is 3.83. The summed E-state index contributed by atoms with van der Waals surface area (Å²) in [5.74, 6) is 2.51. The molecule has 3 aromatic heterocycles. The number of aromatic amines is 1. The zero-order valence-corrected chi connectivity index (χ0v) is 9.77. The van der Waals surface area contributed by atoms with E-state index in [1.165, 1.54) is 0 Å². The fourth-order valence-electron chi connectivity index (χ4n) is 1.73. The first kappa shape index (κ1) is 10.6. The van der Waals surface area contributed by atoms with E-state index in [-0.39, 0.29) is 5.95 Å². The molecule has 0 aliphatic heterocycles. The van der Waals surface area contributed by atoms with Crippen molar-refractivity contribution in [3.63, 3.8) is 0 Å². The lowest BCUT2D eigenvalue weighted by Gasteiger charge is -2.04. The van der Waals surface area contributed by atoms with Crippen molar-refractivity contribution in [1.82, 2.24) is 19.9 Å². The SMILES string of the molecule is Cc1ccc(CNc2nc(N)nc3nc[nH]c23)o1. The average Bonchev–Trinajstić information content (AvgIpc) is 2.94. The van der Waals surface area contributed by atoms with E-state index < -0.39 is 0 Å². The number of nitrogen functional groups attached to an aromatic ring is 1. The van der Waals surface area contributed by atoms with E-state index in [0.29, 0.717) is 18.0 Å². The van der Waals surface area contributed by atoms with Crippen LogP contribution in [0.25, 0.3) is 11.2 Å². The van der Waals surface area contributed by atoms with Gasteiger partial charge < -0.3 is 20.5 Å². The molecule has 3 heterocycles. The summed E-state index contributed by atoms with van der Waals surface area (Å²) in [7, 11) is 0. The van der Waals surface area contributed by atoms with Gasteiger partial charge in [0.2, 0.25) is 5.95 Å². The first-order valence-electron chi connectivity index (χ1n) is 5.48. The van der Waals surface area contributed by atoms with Crippen LogP contribution in [0.15, 0.2) is 22.9 Å². The lowest BCUT2D eigenvalue weighted by atomic mass is 10.4. The van der Waals surface area contributed by atoms with Crippen molar-refractivity contribution in [2.45, 2.75) is 13.5 Å². The second kappa shape index (κ2) is 4.02. The van der Waals surface area contributed by atoms with Crippen molar-refractivity contribution in [1.29, 1.82) is 0 Å². The highest BCUT2D eigenvalue weighted by molar-refractivity contribution is 5.83. The second-order valence-corrected chi connectivity index (χ2v) is 3.90. The van der Waals surface area contributed by atoms with Gasteiger partial charge in [0.15, 0.2) is 11.5 Å². The molecule has 0 radical (unpaired) electrons. The maximum absolute atomic E-state index is 5.62. The van der Waals surface area contributed by atoms with Crippen molar-refractivity contribution >= 4 is 22.9 Å². The topological polar surface area (TPSA) is 106 Å². The average molecular weight is 244 g/mol. The first-order valence-corrected chi connectivity index (χ1v) is 5.48. The molecule has 92 valence electrons.